The Hall–Kier alpha value is -2.50. The SMILES string of the molecule is Cc1cccc(CN2C[C@@H](NC(=O)c3ccsc3)[C@H]3COC[C@H]32)n1.O=C(O)C(F)(F)F. The lowest BCUT2D eigenvalue weighted by Crippen LogP contribution is -2.41. The standard InChI is InChI=1S/C18H21N3O2S.C2HF3O2/c1-12-3-2-4-14(19-12)7-21-8-16(15-9-23-10-17(15)21)20-18(22)13-5-6-24-11-13;3-2(4,5)1(6)7/h2-6,11,15-17H,7-10H2,1H3,(H,20,22);(H,6,7)/t15-,16-,17-;/m1./s1. The lowest BCUT2D eigenvalue weighted by atomic mass is 9.99. The van der Waals surface area contributed by atoms with Gasteiger partial charge in [0.15, 0.2) is 0 Å². The Morgan fingerprint density at radius 3 is 2.68 bits per heavy atom. The third-order valence-electron chi connectivity index (χ3n) is 5.16. The molecule has 31 heavy (non-hydrogen) atoms. The van der Waals surface area contributed by atoms with E-state index in [4.69, 9.17) is 14.6 Å². The predicted octanol–water partition coefficient (Wildman–Crippen LogP) is 2.71. The number of nitrogens with one attached hydrogen (secondary N) is 1. The van der Waals surface area contributed by atoms with Crippen molar-refractivity contribution < 1.29 is 32.6 Å². The Bertz CT molecular complexity index is 907. The van der Waals surface area contributed by atoms with Gasteiger partial charge in [0.05, 0.1) is 18.9 Å². The Labute approximate surface area is 180 Å². The number of carboxylic acids is 1. The number of nitrogens with zero attached hydrogens (tertiary/aromatic N) is 2. The Kier molecular flexibility index (Phi) is 7.29. The van der Waals surface area contributed by atoms with E-state index in [0.29, 0.717) is 12.0 Å². The number of aromatic nitrogens is 1. The fraction of sp³-hybridized carbons (Fsp3) is 0.450. The van der Waals surface area contributed by atoms with Crippen LogP contribution >= 0.6 is 11.3 Å². The maximum atomic E-state index is 12.4. The summed E-state index contributed by atoms with van der Waals surface area (Å²) in [7, 11) is 0. The fourth-order valence-corrected chi connectivity index (χ4v) is 4.35. The van der Waals surface area contributed by atoms with Crippen molar-refractivity contribution in [1.29, 1.82) is 0 Å². The molecule has 0 bridgehead atoms. The summed E-state index contributed by atoms with van der Waals surface area (Å²) in [4.78, 5) is 28.3. The average molecular weight is 457 g/mol. The zero-order valence-corrected chi connectivity index (χ0v) is 17.4. The van der Waals surface area contributed by atoms with E-state index < -0.39 is 12.1 Å². The summed E-state index contributed by atoms with van der Waals surface area (Å²) >= 11 is 1.54. The number of pyridine rings is 1. The first-order valence-corrected chi connectivity index (χ1v) is 10.5. The highest BCUT2D eigenvalue weighted by atomic mass is 32.1. The molecule has 4 rings (SSSR count). The van der Waals surface area contributed by atoms with Crippen molar-refractivity contribution in [3.8, 4) is 0 Å². The molecular formula is C20H22F3N3O4S. The molecule has 168 valence electrons. The smallest absolute Gasteiger partial charge is 0.475 e. The van der Waals surface area contributed by atoms with Crippen molar-refractivity contribution in [3.05, 3.63) is 52.0 Å². The second kappa shape index (κ2) is 9.75. The quantitative estimate of drug-likeness (QED) is 0.734. The highest BCUT2D eigenvalue weighted by Crippen LogP contribution is 2.31. The number of thiophene rings is 1. The second-order valence-corrected chi connectivity index (χ2v) is 8.14. The van der Waals surface area contributed by atoms with E-state index in [1.54, 1.807) is 11.3 Å². The summed E-state index contributed by atoms with van der Waals surface area (Å²) in [6.07, 6.45) is -5.08. The van der Waals surface area contributed by atoms with Gasteiger partial charge in [-0.3, -0.25) is 14.7 Å². The van der Waals surface area contributed by atoms with Crippen LogP contribution in [-0.2, 0) is 16.1 Å². The van der Waals surface area contributed by atoms with Crippen molar-refractivity contribution in [2.24, 2.45) is 5.92 Å². The first-order valence-electron chi connectivity index (χ1n) is 9.52. The van der Waals surface area contributed by atoms with Gasteiger partial charge in [-0.05, 0) is 30.5 Å². The molecule has 2 aromatic rings. The molecule has 4 heterocycles. The minimum absolute atomic E-state index is 0.0161. The second-order valence-electron chi connectivity index (χ2n) is 7.36. The van der Waals surface area contributed by atoms with E-state index in [-0.39, 0.29) is 11.9 Å². The van der Waals surface area contributed by atoms with Gasteiger partial charge in [0.2, 0.25) is 0 Å². The number of aryl methyl sites for hydroxylation is 1. The Morgan fingerprint density at radius 2 is 2.06 bits per heavy atom. The fourth-order valence-electron chi connectivity index (χ4n) is 3.72. The van der Waals surface area contributed by atoms with Crippen molar-refractivity contribution in [3.63, 3.8) is 0 Å². The number of ether oxygens (including phenoxy) is 1. The summed E-state index contributed by atoms with van der Waals surface area (Å²) in [5.41, 5.74) is 2.85. The average Bonchev–Trinajstić information content (AvgIpc) is 3.42. The number of hydrogen-bond donors (Lipinski definition) is 2. The number of hydrogen-bond acceptors (Lipinski definition) is 6. The van der Waals surface area contributed by atoms with Crippen LogP contribution in [0, 0.1) is 12.8 Å². The molecule has 0 aromatic carbocycles. The van der Waals surface area contributed by atoms with Crippen molar-refractivity contribution in [1.82, 2.24) is 15.2 Å². The molecule has 2 aromatic heterocycles. The van der Waals surface area contributed by atoms with Crippen LogP contribution in [0.2, 0.25) is 0 Å². The first-order chi connectivity index (χ1) is 14.6. The van der Waals surface area contributed by atoms with E-state index in [0.717, 1.165) is 43.3 Å². The van der Waals surface area contributed by atoms with E-state index in [1.807, 2.05) is 35.9 Å². The van der Waals surface area contributed by atoms with Crippen LogP contribution in [0.1, 0.15) is 21.7 Å². The van der Waals surface area contributed by atoms with E-state index in [2.05, 4.69) is 21.3 Å². The molecule has 1 amide bonds. The number of carboxylic acid groups (broad SMARTS) is 1. The highest BCUT2D eigenvalue weighted by molar-refractivity contribution is 7.08. The maximum absolute atomic E-state index is 12.4. The number of carbonyl (C=O) groups is 2. The molecule has 0 saturated carbocycles. The number of halogens is 3. The number of alkyl halides is 3. The van der Waals surface area contributed by atoms with Crippen LogP contribution in [0.5, 0.6) is 0 Å². The minimum Gasteiger partial charge on any atom is -0.475 e. The van der Waals surface area contributed by atoms with E-state index in [1.165, 1.54) is 0 Å². The number of aliphatic carboxylic acids is 1. The summed E-state index contributed by atoms with van der Waals surface area (Å²) in [5.74, 6) is -2.38. The van der Waals surface area contributed by atoms with Crippen LogP contribution in [-0.4, -0.2) is 64.9 Å². The molecule has 2 fully saturated rings. The van der Waals surface area contributed by atoms with Gasteiger partial charge in [0, 0.05) is 47.7 Å². The van der Waals surface area contributed by atoms with Crippen LogP contribution in [0.15, 0.2) is 35.0 Å². The van der Waals surface area contributed by atoms with E-state index in [9.17, 15) is 18.0 Å². The topological polar surface area (TPSA) is 91.8 Å². The Morgan fingerprint density at radius 1 is 1.32 bits per heavy atom. The lowest BCUT2D eigenvalue weighted by Gasteiger charge is -2.21. The first kappa shape index (κ1) is 23.2. The van der Waals surface area contributed by atoms with Gasteiger partial charge in [-0.2, -0.15) is 24.5 Å². The van der Waals surface area contributed by atoms with E-state index >= 15 is 0 Å². The number of amides is 1. The molecule has 2 N–H and O–H groups in total. The molecule has 3 atom stereocenters. The van der Waals surface area contributed by atoms with Gasteiger partial charge in [-0.15, -0.1) is 0 Å². The van der Waals surface area contributed by atoms with Gasteiger partial charge in [0.25, 0.3) is 5.91 Å². The van der Waals surface area contributed by atoms with Crippen molar-refractivity contribution >= 4 is 23.2 Å². The van der Waals surface area contributed by atoms with Crippen molar-refractivity contribution in [2.45, 2.75) is 31.7 Å². The van der Waals surface area contributed by atoms with Gasteiger partial charge < -0.3 is 15.2 Å². The number of fused-ring (bicyclic) bond motifs is 1. The van der Waals surface area contributed by atoms with Crippen LogP contribution in [0.4, 0.5) is 13.2 Å². The highest BCUT2D eigenvalue weighted by Gasteiger charge is 2.46. The number of likely N-dealkylation sites (tertiary alicyclic amines) is 1. The molecule has 0 radical (unpaired) electrons. The molecule has 0 aliphatic carbocycles. The predicted molar refractivity (Wildman–Crippen MR) is 107 cm³/mol. The maximum Gasteiger partial charge on any atom is 0.490 e. The van der Waals surface area contributed by atoms with Gasteiger partial charge in [-0.1, -0.05) is 6.07 Å². The lowest BCUT2D eigenvalue weighted by molar-refractivity contribution is -0.192. The van der Waals surface area contributed by atoms with Gasteiger partial charge in [-0.25, -0.2) is 4.79 Å². The normalized spacial score (nSPS) is 23.0. The zero-order valence-electron chi connectivity index (χ0n) is 16.6. The van der Waals surface area contributed by atoms with Gasteiger partial charge in [0.1, 0.15) is 0 Å². The largest absolute Gasteiger partial charge is 0.490 e. The number of rotatable bonds is 4. The summed E-state index contributed by atoms with van der Waals surface area (Å²) in [6.45, 7) is 5.12. The van der Waals surface area contributed by atoms with Crippen LogP contribution < -0.4 is 5.32 Å². The minimum atomic E-state index is -5.08. The summed E-state index contributed by atoms with van der Waals surface area (Å²) < 4.78 is 37.4. The molecule has 2 saturated heterocycles. The molecule has 2 aliphatic heterocycles. The zero-order chi connectivity index (χ0) is 22.6. The Balaban J connectivity index is 0.000000339. The monoisotopic (exact) mass is 457 g/mol. The van der Waals surface area contributed by atoms with Gasteiger partial charge >= 0.3 is 12.1 Å². The molecule has 2 aliphatic rings. The molecule has 7 nitrogen and oxygen atoms in total. The summed E-state index contributed by atoms with van der Waals surface area (Å²) in [6, 6.07) is 8.49. The third-order valence-corrected chi connectivity index (χ3v) is 5.85. The van der Waals surface area contributed by atoms with Crippen molar-refractivity contribution in [2.75, 3.05) is 19.8 Å². The molecular weight excluding hydrogens is 435 g/mol. The third kappa shape index (κ3) is 6.02. The molecule has 0 unspecified atom stereocenters. The molecule has 0 spiro atoms. The summed E-state index contributed by atoms with van der Waals surface area (Å²) in [5, 5.41) is 14.2. The molecule has 11 heteroatoms. The van der Waals surface area contributed by atoms with Crippen LogP contribution in [0.3, 0.4) is 0 Å². The number of carbonyl (C=O) groups excluding carboxylic acids is 1. The van der Waals surface area contributed by atoms with Crippen LogP contribution in [0.25, 0.3) is 0 Å².